The summed E-state index contributed by atoms with van der Waals surface area (Å²) in [4.78, 5) is 25.7. The summed E-state index contributed by atoms with van der Waals surface area (Å²) in [6.07, 6.45) is 2.32. The zero-order valence-electron chi connectivity index (χ0n) is 13.9. The molecular weight excluding hydrogens is 332 g/mol. The minimum absolute atomic E-state index is 0.0174. The van der Waals surface area contributed by atoms with Gasteiger partial charge in [0.15, 0.2) is 5.54 Å². The van der Waals surface area contributed by atoms with E-state index in [0.717, 1.165) is 30.6 Å². The van der Waals surface area contributed by atoms with E-state index in [-0.39, 0.29) is 11.6 Å². The van der Waals surface area contributed by atoms with Gasteiger partial charge in [0, 0.05) is 36.2 Å². The Balaban J connectivity index is 1.56. The number of rotatable bonds is 2. The van der Waals surface area contributed by atoms with E-state index in [9.17, 15) is 14.9 Å². The number of fused-ring (bicyclic) bond motifs is 1. The SMILES string of the molecule is O=C1N2CCCc3cccc(c32)C12CC(c1cccc([N+](=O)[O-])c1)=NN2. The molecule has 0 aromatic heterocycles. The first-order valence-corrected chi connectivity index (χ1v) is 8.63. The Labute approximate surface area is 149 Å². The molecule has 0 aliphatic carbocycles. The van der Waals surface area contributed by atoms with Gasteiger partial charge in [0.2, 0.25) is 0 Å². The minimum Gasteiger partial charge on any atom is -0.309 e. The molecule has 2 aromatic carbocycles. The van der Waals surface area contributed by atoms with Gasteiger partial charge in [-0.1, -0.05) is 30.3 Å². The predicted molar refractivity (Wildman–Crippen MR) is 96.2 cm³/mol. The topological polar surface area (TPSA) is 87.8 Å². The standard InChI is InChI=1S/C19H16N4O3/c24-18-19(15-8-2-4-12-6-3-9-22(18)17(12)15)11-16(20-21-19)13-5-1-7-14(10-13)23(25)26/h1-2,4-5,7-8,10,21H,3,6,9,11H2. The lowest BCUT2D eigenvalue weighted by Gasteiger charge is -2.26. The number of nitrogens with one attached hydrogen (secondary N) is 1. The number of hydrogen-bond acceptors (Lipinski definition) is 5. The third-order valence-corrected chi connectivity index (χ3v) is 5.49. The van der Waals surface area contributed by atoms with Gasteiger partial charge in [-0.3, -0.25) is 20.3 Å². The molecule has 1 spiro atoms. The number of nitro benzene ring substituents is 1. The highest BCUT2D eigenvalue weighted by Crippen LogP contribution is 2.48. The molecule has 130 valence electrons. The number of nitro groups is 1. The summed E-state index contributed by atoms with van der Waals surface area (Å²) in [5.41, 5.74) is 6.72. The molecule has 26 heavy (non-hydrogen) atoms. The molecule has 7 nitrogen and oxygen atoms in total. The number of hydrogen-bond donors (Lipinski definition) is 1. The summed E-state index contributed by atoms with van der Waals surface area (Å²) in [5.74, 6) is 0.0174. The van der Waals surface area contributed by atoms with E-state index < -0.39 is 10.5 Å². The smallest absolute Gasteiger partial charge is 0.270 e. The molecule has 5 rings (SSSR count). The number of anilines is 1. The van der Waals surface area contributed by atoms with Crippen molar-refractivity contribution in [3.8, 4) is 0 Å². The summed E-state index contributed by atoms with van der Waals surface area (Å²) >= 11 is 0. The van der Waals surface area contributed by atoms with E-state index in [1.807, 2.05) is 17.0 Å². The highest BCUT2D eigenvalue weighted by atomic mass is 16.6. The van der Waals surface area contributed by atoms with Crippen LogP contribution in [0.5, 0.6) is 0 Å². The number of aryl methyl sites for hydroxylation is 1. The van der Waals surface area contributed by atoms with Crippen LogP contribution in [0.3, 0.4) is 0 Å². The maximum Gasteiger partial charge on any atom is 0.270 e. The molecule has 0 radical (unpaired) electrons. The number of carbonyl (C=O) groups is 1. The Morgan fingerprint density at radius 2 is 2.08 bits per heavy atom. The molecule has 1 N–H and O–H groups in total. The molecule has 7 heteroatoms. The van der Waals surface area contributed by atoms with Crippen LogP contribution in [0.15, 0.2) is 47.6 Å². The molecule has 3 aliphatic rings. The number of benzene rings is 2. The predicted octanol–water partition coefficient (Wildman–Crippen LogP) is 2.48. The Bertz CT molecular complexity index is 1000. The highest BCUT2D eigenvalue weighted by Gasteiger charge is 2.55. The van der Waals surface area contributed by atoms with Crippen LogP contribution < -0.4 is 10.3 Å². The molecule has 2 aromatic rings. The van der Waals surface area contributed by atoms with Crippen LogP contribution in [0.4, 0.5) is 11.4 Å². The lowest BCUT2D eigenvalue weighted by molar-refractivity contribution is -0.384. The van der Waals surface area contributed by atoms with Gasteiger partial charge in [-0.15, -0.1) is 0 Å². The molecule has 1 amide bonds. The van der Waals surface area contributed by atoms with Crippen LogP contribution in [0.2, 0.25) is 0 Å². The number of para-hydroxylation sites is 1. The van der Waals surface area contributed by atoms with Crippen molar-refractivity contribution in [3.63, 3.8) is 0 Å². The first-order valence-electron chi connectivity index (χ1n) is 8.63. The van der Waals surface area contributed by atoms with Crippen molar-refractivity contribution in [1.82, 2.24) is 5.43 Å². The van der Waals surface area contributed by atoms with Crippen molar-refractivity contribution < 1.29 is 9.72 Å². The number of non-ortho nitro benzene ring substituents is 1. The van der Waals surface area contributed by atoms with Gasteiger partial charge in [-0.25, -0.2) is 0 Å². The van der Waals surface area contributed by atoms with Crippen LogP contribution in [0.1, 0.15) is 29.5 Å². The molecule has 1 unspecified atom stereocenters. The lowest BCUT2D eigenvalue weighted by Crippen LogP contribution is -2.47. The number of hydrazone groups is 1. The van der Waals surface area contributed by atoms with Crippen molar-refractivity contribution >= 4 is 23.0 Å². The first kappa shape index (κ1) is 15.1. The summed E-state index contributed by atoms with van der Waals surface area (Å²) < 4.78 is 0. The van der Waals surface area contributed by atoms with E-state index in [0.29, 0.717) is 17.7 Å². The minimum atomic E-state index is -0.893. The summed E-state index contributed by atoms with van der Waals surface area (Å²) in [6, 6.07) is 12.4. The van der Waals surface area contributed by atoms with Gasteiger partial charge < -0.3 is 4.90 Å². The van der Waals surface area contributed by atoms with E-state index in [1.165, 1.54) is 17.7 Å². The van der Waals surface area contributed by atoms with Gasteiger partial charge in [-0.05, 0) is 18.4 Å². The van der Waals surface area contributed by atoms with Crippen molar-refractivity contribution in [2.45, 2.75) is 24.8 Å². The number of carbonyl (C=O) groups excluding carboxylic acids is 1. The molecule has 0 saturated carbocycles. The highest BCUT2D eigenvalue weighted by molar-refractivity contribution is 6.14. The average molecular weight is 348 g/mol. The monoisotopic (exact) mass is 348 g/mol. The van der Waals surface area contributed by atoms with Gasteiger partial charge in [-0.2, -0.15) is 5.10 Å². The molecule has 1 atom stereocenters. The molecule has 0 bridgehead atoms. The largest absolute Gasteiger partial charge is 0.309 e. The molecule has 3 heterocycles. The first-order chi connectivity index (χ1) is 12.6. The van der Waals surface area contributed by atoms with E-state index in [4.69, 9.17) is 0 Å². The second-order valence-electron chi connectivity index (χ2n) is 6.93. The Hall–Kier alpha value is -3.22. The molecular formula is C19H16N4O3. The fraction of sp³-hybridized carbons (Fsp3) is 0.263. The van der Waals surface area contributed by atoms with Gasteiger partial charge >= 0.3 is 0 Å². The molecule has 3 aliphatic heterocycles. The van der Waals surface area contributed by atoms with Crippen molar-refractivity contribution in [2.24, 2.45) is 5.10 Å². The summed E-state index contributed by atoms with van der Waals surface area (Å²) in [5, 5.41) is 15.5. The zero-order valence-corrected chi connectivity index (χ0v) is 13.9. The van der Waals surface area contributed by atoms with Crippen LogP contribution in [0, 0.1) is 10.1 Å². The fourth-order valence-electron chi connectivity index (χ4n) is 4.28. The molecule has 0 fully saturated rings. The van der Waals surface area contributed by atoms with E-state index >= 15 is 0 Å². The Kier molecular flexibility index (Phi) is 2.98. The maximum absolute atomic E-state index is 13.2. The van der Waals surface area contributed by atoms with Crippen molar-refractivity contribution in [3.05, 3.63) is 69.3 Å². The second kappa shape index (κ2) is 5.14. The Morgan fingerprint density at radius 3 is 2.92 bits per heavy atom. The van der Waals surface area contributed by atoms with Gasteiger partial charge in [0.05, 0.1) is 16.3 Å². The van der Waals surface area contributed by atoms with Crippen LogP contribution in [-0.2, 0) is 16.8 Å². The third kappa shape index (κ3) is 1.88. The van der Waals surface area contributed by atoms with Gasteiger partial charge in [0.25, 0.3) is 11.6 Å². The van der Waals surface area contributed by atoms with Crippen LogP contribution in [-0.4, -0.2) is 23.1 Å². The van der Waals surface area contributed by atoms with Crippen molar-refractivity contribution in [2.75, 3.05) is 11.4 Å². The van der Waals surface area contributed by atoms with Crippen molar-refractivity contribution in [1.29, 1.82) is 0 Å². The molecule has 0 saturated heterocycles. The zero-order chi connectivity index (χ0) is 17.9. The van der Waals surface area contributed by atoms with Crippen LogP contribution in [0.25, 0.3) is 0 Å². The quantitative estimate of drug-likeness (QED) is 0.667. The normalized spacial score (nSPS) is 23.0. The Morgan fingerprint density at radius 1 is 1.23 bits per heavy atom. The van der Waals surface area contributed by atoms with Gasteiger partial charge in [0.1, 0.15) is 0 Å². The average Bonchev–Trinajstić information content (AvgIpc) is 3.21. The third-order valence-electron chi connectivity index (χ3n) is 5.49. The summed E-state index contributed by atoms with van der Waals surface area (Å²) in [6.45, 7) is 0.721. The summed E-state index contributed by atoms with van der Waals surface area (Å²) in [7, 11) is 0. The van der Waals surface area contributed by atoms with E-state index in [1.54, 1.807) is 12.1 Å². The maximum atomic E-state index is 13.2. The van der Waals surface area contributed by atoms with E-state index in [2.05, 4.69) is 16.6 Å². The fourth-order valence-corrected chi connectivity index (χ4v) is 4.28. The lowest BCUT2D eigenvalue weighted by atomic mass is 9.85. The number of amides is 1. The van der Waals surface area contributed by atoms with Crippen LogP contribution >= 0.6 is 0 Å². The number of nitrogens with zero attached hydrogens (tertiary/aromatic N) is 3. The second-order valence-corrected chi connectivity index (χ2v) is 6.93.